The van der Waals surface area contributed by atoms with Crippen LogP contribution in [0.15, 0.2) is 18.2 Å². The first-order chi connectivity index (χ1) is 10.6. The van der Waals surface area contributed by atoms with Gasteiger partial charge in [0.15, 0.2) is 11.6 Å². The maximum Gasteiger partial charge on any atom is 0.159 e. The van der Waals surface area contributed by atoms with E-state index in [4.69, 9.17) is 0 Å². The van der Waals surface area contributed by atoms with E-state index in [1.54, 1.807) is 6.07 Å². The summed E-state index contributed by atoms with van der Waals surface area (Å²) in [5, 5.41) is 0. The summed E-state index contributed by atoms with van der Waals surface area (Å²) in [6.07, 6.45) is 9.43. The Labute approximate surface area is 131 Å². The molecule has 2 saturated carbocycles. The van der Waals surface area contributed by atoms with Crippen LogP contribution < -0.4 is 0 Å². The van der Waals surface area contributed by atoms with Crippen molar-refractivity contribution in [2.24, 2.45) is 11.8 Å². The van der Waals surface area contributed by atoms with Crippen molar-refractivity contribution in [3.8, 4) is 0 Å². The molecule has 2 aliphatic rings. The molecular formula is C19H24F2O. The molecule has 0 radical (unpaired) electrons. The molecule has 0 atom stereocenters. The molecule has 0 amide bonds. The molecule has 2 aliphatic carbocycles. The van der Waals surface area contributed by atoms with Crippen molar-refractivity contribution >= 4 is 5.78 Å². The van der Waals surface area contributed by atoms with Crippen molar-refractivity contribution in [2.45, 2.75) is 63.7 Å². The van der Waals surface area contributed by atoms with E-state index in [0.29, 0.717) is 11.7 Å². The van der Waals surface area contributed by atoms with E-state index in [-0.39, 0.29) is 11.8 Å². The highest BCUT2D eigenvalue weighted by molar-refractivity contribution is 5.83. The molecule has 0 heterocycles. The molecule has 2 fully saturated rings. The lowest BCUT2D eigenvalue weighted by molar-refractivity contribution is -0.128. The molecule has 3 heteroatoms. The van der Waals surface area contributed by atoms with Crippen molar-refractivity contribution in [3.05, 3.63) is 35.4 Å². The van der Waals surface area contributed by atoms with Crippen LogP contribution in [0.2, 0.25) is 0 Å². The lowest BCUT2D eigenvalue weighted by Gasteiger charge is -2.31. The molecule has 1 aromatic rings. The number of carbonyl (C=O) groups excluding carboxylic acids is 1. The summed E-state index contributed by atoms with van der Waals surface area (Å²) in [5.41, 5.74) is 0.877. The second-order valence-electron chi connectivity index (χ2n) is 6.96. The molecule has 0 bridgehead atoms. The number of benzene rings is 1. The fraction of sp³-hybridized carbons (Fsp3) is 0.632. The summed E-state index contributed by atoms with van der Waals surface area (Å²) in [6.45, 7) is 0. The van der Waals surface area contributed by atoms with Crippen LogP contribution in [0.3, 0.4) is 0 Å². The van der Waals surface area contributed by atoms with Crippen molar-refractivity contribution in [1.29, 1.82) is 0 Å². The van der Waals surface area contributed by atoms with Crippen molar-refractivity contribution in [2.75, 3.05) is 0 Å². The van der Waals surface area contributed by atoms with Gasteiger partial charge in [0.25, 0.3) is 0 Å². The van der Waals surface area contributed by atoms with Crippen LogP contribution in [0.25, 0.3) is 0 Å². The molecule has 1 nitrogen and oxygen atoms in total. The van der Waals surface area contributed by atoms with Gasteiger partial charge in [-0.3, -0.25) is 4.79 Å². The Kier molecular flexibility index (Phi) is 4.90. The maximum atomic E-state index is 13.4. The molecule has 0 saturated heterocycles. The van der Waals surface area contributed by atoms with E-state index in [9.17, 15) is 13.6 Å². The number of hydrogen-bond acceptors (Lipinski definition) is 1. The number of halogens is 2. The molecule has 0 N–H and O–H groups in total. The van der Waals surface area contributed by atoms with Gasteiger partial charge in [-0.2, -0.15) is 0 Å². The lowest BCUT2D eigenvalue weighted by atomic mass is 9.73. The number of hydrogen-bond donors (Lipinski definition) is 0. The highest BCUT2D eigenvalue weighted by Crippen LogP contribution is 2.39. The minimum atomic E-state index is -0.787. The van der Waals surface area contributed by atoms with E-state index in [1.165, 1.54) is 31.4 Å². The Morgan fingerprint density at radius 1 is 0.818 bits per heavy atom. The van der Waals surface area contributed by atoms with Crippen LogP contribution >= 0.6 is 0 Å². The quantitative estimate of drug-likeness (QED) is 0.732. The Morgan fingerprint density at radius 3 is 2.09 bits per heavy atom. The second-order valence-corrected chi connectivity index (χ2v) is 6.96. The Hall–Kier alpha value is -1.25. The van der Waals surface area contributed by atoms with E-state index in [1.807, 2.05) is 0 Å². The van der Waals surface area contributed by atoms with E-state index in [2.05, 4.69) is 0 Å². The molecule has 3 rings (SSSR count). The summed E-state index contributed by atoms with van der Waals surface area (Å²) in [5.74, 6) is -0.319. The Morgan fingerprint density at radius 2 is 1.45 bits per heavy atom. The minimum Gasteiger partial charge on any atom is -0.299 e. The number of ketones is 1. The van der Waals surface area contributed by atoms with Crippen LogP contribution in [0.4, 0.5) is 8.78 Å². The summed E-state index contributed by atoms with van der Waals surface area (Å²) >= 11 is 0. The second kappa shape index (κ2) is 6.89. The fourth-order valence-corrected chi connectivity index (χ4v) is 4.20. The van der Waals surface area contributed by atoms with Gasteiger partial charge in [0.2, 0.25) is 0 Å². The Bertz CT molecular complexity index is 526. The van der Waals surface area contributed by atoms with E-state index < -0.39 is 11.6 Å². The first-order valence-electron chi connectivity index (χ1n) is 8.64. The van der Waals surface area contributed by atoms with Crippen molar-refractivity contribution < 1.29 is 13.6 Å². The van der Waals surface area contributed by atoms with Gasteiger partial charge in [-0.25, -0.2) is 8.78 Å². The SMILES string of the molecule is O=C(C1CCCCC1)C1CCC(c2ccc(F)c(F)c2)CC1. The average molecular weight is 306 g/mol. The predicted octanol–water partition coefficient (Wildman–Crippen LogP) is 5.39. The maximum absolute atomic E-state index is 13.4. The van der Waals surface area contributed by atoms with Crippen molar-refractivity contribution in [3.63, 3.8) is 0 Å². The van der Waals surface area contributed by atoms with Gasteiger partial charge in [-0.1, -0.05) is 25.3 Å². The topological polar surface area (TPSA) is 17.1 Å². The van der Waals surface area contributed by atoms with Gasteiger partial charge in [0.05, 0.1) is 0 Å². The van der Waals surface area contributed by atoms with Crippen LogP contribution in [0.5, 0.6) is 0 Å². The molecule has 0 unspecified atom stereocenters. The third-order valence-corrected chi connectivity index (χ3v) is 5.55. The van der Waals surface area contributed by atoms with Crippen LogP contribution in [0.1, 0.15) is 69.3 Å². The zero-order valence-corrected chi connectivity index (χ0v) is 13.0. The predicted molar refractivity (Wildman–Crippen MR) is 82.6 cm³/mol. The smallest absolute Gasteiger partial charge is 0.159 e. The van der Waals surface area contributed by atoms with Gasteiger partial charge in [-0.05, 0) is 62.1 Å². The molecule has 120 valence electrons. The van der Waals surface area contributed by atoms with Gasteiger partial charge in [0, 0.05) is 11.8 Å². The monoisotopic (exact) mass is 306 g/mol. The zero-order chi connectivity index (χ0) is 15.5. The average Bonchev–Trinajstić information content (AvgIpc) is 2.58. The summed E-state index contributed by atoms with van der Waals surface area (Å²) in [6, 6.07) is 4.22. The molecule has 22 heavy (non-hydrogen) atoms. The Balaban J connectivity index is 1.57. The highest BCUT2D eigenvalue weighted by Gasteiger charge is 2.32. The molecule has 0 aromatic heterocycles. The molecule has 0 aliphatic heterocycles. The molecule has 1 aromatic carbocycles. The van der Waals surface area contributed by atoms with Gasteiger partial charge in [0.1, 0.15) is 5.78 Å². The lowest BCUT2D eigenvalue weighted by Crippen LogP contribution is -2.28. The first kappa shape index (κ1) is 15.6. The number of carbonyl (C=O) groups is 1. The summed E-state index contributed by atoms with van der Waals surface area (Å²) < 4.78 is 26.4. The summed E-state index contributed by atoms with van der Waals surface area (Å²) in [4.78, 5) is 12.6. The summed E-state index contributed by atoms with van der Waals surface area (Å²) in [7, 11) is 0. The zero-order valence-electron chi connectivity index (χ0n) is 13.0. The largest absolute Gasteiger partial charge is 0.299 e. The van der Waals surface area contributed by atoms with Gasteiger partial charge < -0.3 is 0 Å². The van der Waals surface area contributed by atoms with Gasteiger partial charge in [-0.15, -0.1) is 0 Å². The standard InChI is InChI=1S/C19H24F2O/c20-17-11-10-16(12-18(17)21)13-6-8-15(9-7-13)19(22)14-4-2-1-3-5-14/h10-15H,1-9H2. The van der Waals surface area contributed by atoms with Crippen LogP contribution in [-0.2, 0) is 4.79 Å². The van der Waals surface area contributed by atoms with E-state index >= 15 is 0 Å². The van der Waals surface area contributed by atoms with Crippen molar-refractivity contribution in [1.82, 2.24) is 0 Å². The third-order valence-electron chi connectivity index (χ3n) is 5.55. The highest BCUT2D eigenvalue weighted by atomic mass is 19.2. The molecular weight excluding hydrogens is 282 g/mol. The first-order valence-corrected chi connectivity index (χ1v) is 8.64. The van der Waals surface area contributed by atoms with E-state index in [0.717, 1.165) is 44.1 Å². The van der Waals surface area contributed by atoms with Crippen LogP contribution in [-0.4, -0.2) is 5.78 Å². The normalized spacial score (nSPS) is 26.8. The third kappa shape index (κ3) is 3.39. The minimum absolute atomic E-state index is 0.199. The van der Waals surface area contributed by atoms with Gasteiger partial charge >= 0.3 is 0 Å². The molecule has 0 spiro atoms. The number of rotatable bonds is 3. The number of Topliss-reactive ketones (excluding diaryl/α,β-unsaturated/α-hetero) is 1. The fourth-order valence-electron chi connectivity index (χ4n) is 4.20. The van der Waals surface area contributed by atoms with Crippen LogP contribution in [0, 0.1) is 23.5 Å².